The Kier molecular flexibility index (Phi) is 3.72. The molecule has 1 amide bonds. The minimum Gasteiger partial charge on any atom is -0.506 e. The van der Waals surface area contributed by atoms with Crippen LogP contribution in [0.4, 0.5) is 10.1 Å². The molecule has 25 heavy (non-hydrogen) atoms. The Morgan fingerprint density at radius 2 is 1.88 bits per heavy atom. The molecule has 0 unspecified atom stereocenters. The number of aromatic hydroxyl groups is 1. The van der Waals surface area contributed by atoms with Crippen molar-refractivity contribution in [2.45, 2.75) is 19.3 Å². The molecule has 0 aliphatic heterocycles. The molecule has 5 nitrogen and oxygen atoms in total. The first kappa shape index (κ1) is 15.4. The predicted octanol–water partition coefficient (Wildman–Crippen LogP) is 3.46. The maximum Gasteiger partial charge on any atom is 0.276 e. The van der Waals surface area contributed by atoms with Crippen LogP contribution in [0.25, 0.3) is 5.69 Å². The molecule has 0 spiro atoms. The fraction of sp³-hybridized carbons (Fsp3) is 0.158. The molecule has 4 rings (SSSR count). The van der Waals surface area contributed by atoms with Crippen LogP contribution in [0.3, 0.4) is 0 Å². The number of nitrogens with zero attached hydrogens (tertiary/aromatic N) is 2. The van der Waals surface area contributed by atoms with Crippen molar-refractivity contribution >= 4 is 11.6 Å². The number of aromatic nitrogens is 2. The van der Waals surface area contributed by atoms with Gasteiger partial charge in [0.2, 0.25) is 0 Å². The third-order valence-corrected chi connectivity index (χ3v) is 4.37. The van der Waals surface area contributed by atoms with Crippen molar-refractivity contribution in [1.29, 1.82) is 0 Å². The summed E-state index contributed by atoms with van der Waals surface area (Å²) in [5, 5.41) is 17.0. The number of nitrogens with one attached hydrogen (secondary N) is 1. The van der Waals surface area contributed by atoms with Gasteiger partial charge >= 0.3 is 0 Å². The van der Waals surface area contributed by atoms with Gasteiger partial charge in [-0.05, 0) is 55.7 Å². The molecule has 0 saturated heterocycles. The van der Waals surface area contributed by atoms with E-state index in [0.717, 1.165) is 36.2 Å². The molecular weight excluding hydrogens is 321 g/mol. The number of hydrogen-bond donors (Lipinski definition) is 2. The summed E-state index contributed by atoms with van der Waals surface area (Å²) >= 11 is 0. The highest BCUT2D eigenvalue weighted by Crippen LogP contribution is 2.29. The first-order chi connectivity index (χ1) is 12.1. The van der Waals surface area contributed by atoms with E-state index in [2.05, 4.69) is 10.4 Å². The molecule has 1 heterocycles. The molecule has 126 valence electrons. The lowest BCUT2D eigenvalue weighted by Crippen LogP contribution is -2.15. The highest BCUT2D eigenvalue weighted by Gasteiger charge is 2.27. The maximum atomic E-state index is 13.2. The van der Waals surface area contributed by atoms with Crippen molar-refractivity contribution in [3.63, 3.8) is 0 Å². The fourth-order valence-electron chi connectivity index (χ4n) is 3.18. The zero-order valence-electron chi connectivity index (χ0n) is 13.4. The number of benzene rings is 2. The molecule has 0 bridgehead atoms. The molecule has 0 atom stereocenters. The van der Waals surface area contributed by atoms with Crippen molar-refractivity contribution in [1.82, 2.24) is 9.78 Å². The van der Waals surface area contributed by atoms with Gasteiger partial charge in [0.1, 0.15) is 11.6 Å². The van der Waals surface area contributed by atoms with Crippen molar-refractivity contribution in [2.24, 2.45) is 0 Å². The second kappa shape index (κ2) is 6.05. The fourth-order valence-corrected chi connectivity index (χ4v) is 3.18. The van der Waals surface area contributed by atoms with Gasteiger partial charge in [-0.15, -0.1) is 0 Å². The van der Waals surface area contributed by atoms with Crippen LogP contribution in [0, 0.1) is 5.82 Å². The summed E-state index contributed by atoms with van der Waals surface area (Å²) < 4.78 is 14.9. The lowest BCUT2D eigenvalue weighted by Gasteiger charge is -2.06. The molecule has 0 fully saturated rings. The zero-order valence-corrected chi connectivity index (χ0v) is 13.4. The summed E-state index contributed by atoms with van der Waals surface area (Å²) in [6.45, 7) is 0. The Bertz CT molecular complexity index is 948. The van der Waals surface area contributed by atoms with E-state index in [9.17, 15) is 14.3 Å². The number of halogens is 1. The number of phenols is 1. The number of para-hydroxylation sites is 2. The summed E-state index contributed by atoms with van der Waals surface area (Å²) in [4.78, 5) is 12.7. The van der Waals surface area contributed by atoms with E-state index in [1.807, 2.05) is 0 Å². The molecular formula is C19H16FN3O2. The van der Waals surface area contributed by atoms with E-state index < -0.39 is 0 Å². The van der Waals surface area contributed by atoms with Gasteiger partial charge in [0.05, 0.1) is 11.4 Å². The number of hydrogen-bond acceptors (Lipinski definition) is 3. The van der Waals surface area contributed by atoms with Gasteiger partial charge < -0.3 is 10.4 Å². The second-order valence-corrected chi connectivity index (χ2v) is 5.99. The number of amides is 1. The van der Waals surface area contributed by atoms with Crippen LogP contribution in [0.15, 0.2) is 48.5 Å². The van der Waals surface area contributed by atoms with E-state index in [1.165, 1.54) is 18.2 Å². The van der Waals surface area contributed by atoms with Crippen LogP contribution >= 0.6 is 0 Å². The molecule has 6 heteroatoms. The Morgan fingerprint density at radius 1 is 1.12 bits per heavy atom. The smallest absolute Gasteiger partial charge is 0.276 e. The summed E-state index contributed by atoms with van der Waals surface area (Å²) in [7, 11) is 0. The van der Waals surface area contributed by atoms with Crippen molar-refractivity contribution in [2.75, 3.05) is 5.32 Å². The van der Waals surface area contributed by atoms with Crippen LogP contribution in [0.5, 0.6) is 5.75 Å². The topological polar surface area (TPSA) is 67.2 Å². The lowest BCUT2D eigenvalue weighted by molar-refractivity contribution is 0.102. The van der Waals surface area contributed by atoms with Crippen molar-refractivity contribution in [3.05, 3.63) is 71.3 Å². The third kappa shape index (κ3) is 2.76. The van der Waals surface area contributed by atoms with Gasteiger partial charge in [-0.3, -0.25) is 4.79 Å². The van der Waals surface area contributed by atoms with Gasteiger partial charge in [0.15, 0.2) is 5.69 Å². The largest absolute Gasteiger partial charge is 0.506 e. The number of fused-ring (bicyclic) bond motifs is 1. The molecule has 1 aliphatic rings. The number of anilines is 1. The summed E-state index contributed by atoms with van der Waals surface area (Å²) in [6.07, 6.45) is 2.55. The minimum absolute atomic E-state index is 0.00506. The number of carbonyl (C=O) groups is 1. The highest BCUT2D eigenvalue weighted by molar-refractivity contribution is 6.05. The molecule has 1 aliphatic carbocycles. The summed E-state index contributed by atoms with van der Waals surface area (Å²) in [5.74, 6) is -0.670. The van der Waals surface area contributed by atoms with Gasteiger partial charge in [-0.25, -0.2) is 9.07 Å². The average molecular weight is 337 g/mol. The van der Waals surface area contributed by atoms with E-state index in [4.69, 9.17) is 0 Å². The summed E-state index contributed by atoms with van der Waals surface area (Å²) in [6, 6.07) is 12.6. The van der Waals surface area contributed by atoms with Crippen LogP contribution in [-0.4, -0.2) is 20.8 Å². The van der Waals surface area contributed by atoms with Gasteiger partial charge in [-0.2, -0.15) is 5.10 Å². The van der Waals surface area contributed by atoms with Crippen LogP contribution in [-0.2, 0) is 12.8 Å². The summed E-state index contributed by atoms with van der Waals surface area (Å²) in [5.41, 5.74) is 3.31. The van der Waals surface area contributed by atoms with Gasteiger partial charge in [-0.1, -0.05) is 12.1 Å². The first-order valence-corrected chi connectivity index (χ1v) is 8.09. The molecule has 1 aromatic heterocycles. The predicted molar refractivity (Wildman–Crippen MR) is 91.6 cm³/mol. The van der Waals surface area contributed by atoms with E-state index in [-0.39, 0.29) is 17.5 Å². The van der Waals surface area contributed by atoms with E-state index in [0.29, 0.717) is 11.4 Å². The lowest BCUT2D eigenvalue weighted by atomic mass is 10.2. The first-order valence-electron chi connectivity index (χ1n) is 8.09. The van der Waals surface area contributed by atoms with Crippen LogP contribution in [0.2, 0.25) is 0 Å². The van der Waals surface area contributed by atoms with Gasteiger partial charge in [0, 0.05) is 11.3 Å². The maximum absolute atomic E-state index is 13.2. The van der Waals surface area contributed by atoms with Crippen molar-refractivity contribution < 1.29 is 14.3 Å². The SMILES string of the molecule is O=C(Nc1ccccc1O)c1nn(-c2ccc(F)cc2)c2c1CCC2. The number of phenolic OH excluding ortho intramolecular Hbond substituents is 1. The Hall–Kier alpha value is -3.15. The van der Waals surface area contributed by atoms with Crippen molar-refractivity contribution in [3.8, 4) is 11.4 Å². The van der Waals surface area contributed by atoms with Crippen LogP contribution < -0.4 is 5.32 Å². The zero-order chi connectivity index (χ0) is 17.4. The number of carbonyl (C=O) groups excluding carboxylic acids is 1. The Balaban J connectivity index is 1.71. The number of rotatable bonds is 3. The van der Waals surface area contributed by atoms with Crippen LogP contribution in [0.1, 0.15) is 28.2 Å². The normalized spacial score (nSPS) is 12.8. The monoisotopic (exact) mass is 337 g/mol. The Morgan fingerprint density at radius 3 is 2.64 bits per heavy atom. The third-order valence-electron chi connectivity index (χ3n) is 4.37. The standard InChI is InChI=1S/C19H16FN3O2/c20-12-8-10-13(11-9-12)23-16-6-3-4-14(16)18(22-23)19(25)21-15-5-1-2-7-17(15)24/h1-2,5,7-11,24H,3-4,6H2,(H,21,25). The van der Waals surface area contributed by atoms with Gasteiger partial charge in [0.25, 0.3) is 5.91 Å². The average Bonchev–Trinajstić information content (AvgIpc) is 3.20. The minimum atomic E-state index is -0.361. The van der Waals surface area contributed by atoms with E-state index >= 15 is 0 Å². The molecule has 2 aromatic carbocycles. The van der Waals surface area contributed by atoms with E-state index in [1.54, 1.807) is 35.0 Å². The molecule has 3 aromatic rings. The second-order valence-electron chi connectivity index (χ2n) is 5.99. The molecule has 2 N–H and O–H groups in total. The quantitative estimate of drug-likeness (QED) is 0.719. The Labute approximate surface area is 143 Å². The molecule has 0 saturated carbocycles. The highest BCUT2D eigenvalue weighted by atomic mass is 19.1. The molecule has 0 radical (unpaired) electrons.